The molecule has 0 saturated heterocycles. The van der Waals surface area contributed by atoms with E-state index in [0.717, 1.165) is 12.0 Å². The van der Waals surface area contributed by atoms with Gasteiger partial charge in [0.1, 0.15) is 0 Å². The maximum atomic E-state index is 12.6. The van der Waals surface area contributed by atoms with Crippen LogP contribution in [0.5, 0.6) is 11.5 Å². The second-order valence-electron chi connectivity index (χ2n) is 7.45. The van der Waals surface area contributed by atoms with Gasteiger partial charge < -0.3 is 9.47 Å². The van der Waals surface area contributed by atoms with Gasteiger partial charge in [-0.3, -0.25) is 14.3 Å². The summed E-state index contributed by atoms with van der Waals surface area (Å²) in [6.07, 6.45) is 0.854. The van der Waals surface area contributed by atoms with Gasteiger partial charge in [0.2, 0.25) is 0 Å². The number of hydrogen-bond acceptors (Lipinski definition) is 7. The molecule has 2 unspecified atom stereocenters. The summed E-state index contributed by atoms with van der Waals surface area (Å²) in [5.41, 5.74) is 2.30. The zero-order valence-corrected chi connectivity index (χ0v) is 18.2. The molecule has 0 radical (unpaired) electrons. The minimum atomic E-state index is -3.97. The van der Waals surface area contributed by atoms with E-state index < -0.39 is 15.0 Å². The van der Waals surface area contributed by atoms with Gasteiger partial charge in [0.25, 0.3) is 15.8 Å². The first-order chi connectivity index (χ1) is 14.2. The number of nitro groups is 1. The maximum absolute atomic E-state index is 12.6. The van der Waals surface area contributed by atoms with Crippen LogP contribution in [0.1, 0.15) is 36.5 Å². The summed E-state index contributed by atoms with van der Waals surface area (Å²) in [5, 5.41) is 11.4. The van der Waals surface area contributed by atoms with Gasteiger partial charge in [-0.05, 0) is 47.6 Å². The van der Waals surface area contributed by atoms with E-state index in [-0.39, 0.29) is 29.4 Å². The van der Waals surface area contributed by atoms with Gasteiger partial charge in [0.15, 0.2) is 11.5 Å². The third-order valence-corrected chi connectivity index (χ3v) is 6.99. The van der Waals surface area contributed by atoms with Crippen LogP contribution >= 0.6 is 0 Å². The Bertz CT molecular complexity index is 1070. The maximum Gasteiger partial charge on any atom is 0.296 e. The molecule has 3 rings (SSSR count). The van der Waals surface area contributed by atoms with Crippen LogP contribution in [0.3, 0.4) is 0 Å². The van der Waals surface area contributed by atoms with E-state index in [1.54, 1.807) is 12.1 Å². The van der Waals surface area contributed by atoms with Crippen LogP contribution in [0.2, 0.25) is 0 Å². The fourth-order valence-electron chi connectivity index (χ4n) is 3.80. The third-order valence-electron chi connectivity index (χ3n) is 5.68. The van der Waals surface area contributed by atoms with Crippen molar-refractivity contribution in [3.8, 4) is 11.5 Å². The van der Waals surface area contributed by atoms with Crippen molar-refractivity contribution in [1.82, 2.24) is 0 Å². The molecule has 1 aliphatic carbocycles. The Morgan fingerprint density at radius 1 is 1.10 bits per heavy atom. The molecule has 0 N–H and O–H groups in total. The summed E-state index contributed by atoms with van der Waals surface area (Å²) in [5.74, 6) is 1.40. The van der Waals surface area contributed by atoms with E-state index in [2.05, 4.69) is 13.8 Å². The van der Waals surface area contributed by atoms with Gasteiger partial charge in [0.05, 0.1) is 36.7 Å². The van der Waals surface area contributed by atoms with Gasteiger partial charge in [-0.2, -0.15) is 8.42 Å². The normalized spacial score (nSPS) is 18.1. The summed E-state index contributed by atoms with van der Waals surface area (Å²) in [4.78, 5) is 10.9. The van der Waals surface area contributed by atoms with Crippen LogP contribution in [-0.4, -0.2) is 34.2 Å². The average molecular weight is 435 g/mol. The van der Waals surface area contributed by atoms with E-state index in [9.17, 15) is 18.5 Å². The lowest BCUT2D eigenvalue weighted by Gasteiger charge is -2.11. The lowest BCUT2D eigenvalue weighted by atomic mass is 9.97. The number of fused-ring (bicyclic) bond motifs is 1. The lowest BCUT2D eigenvalue weighted by molar-refractivity contribution is -0.385. The number of ether oxygens (including phenoxy) is 2. The lowest BCUT2D eigenvalue weighted by Crippen LogP contribution is -2.10. The predicted molar refractivity (Wildman–Crippen MR) is 111 cm³/mol. The number of nitrogens with zero attached hydrogens (tertiary/aromatic N) is 1. The van der Waals surface area contributed by atoms with Crippen LogP contribution in [0.4, 0.5) is 5.69 Å². The molecule has 9 heteroatoms. The van der Waals surface area contributed by atoms with Crippen LogP contribution in [-0.2, 0) is 27.1 Å². The average Bonchev–Trinajstić information content (AvgIpc) is 3.00. The Hall–Kier alpha value is -2.65. The fourth-order valence-corrected chi connectivity index (χ4v) is 4.76. The molecule has 0 fully saturated rings. The van der Waals surface area contributed by atoms with Crippen molar-refractivity contribution >= 4 is 15.8 Å². The monoisotopic (exact) mass is 435 g/mol. The van der Waals surface area contributed by atoms with Crippen molar-refractivity contribution in [2.45, 2.75) is 37.5 Å². The Labute approximate surface area is 176 Å². The summed E-state index contributed by atoms with van der Waals surface area (Å²) in [6, 6.07) is 7.79. The third kappa shape index (κ3) is 4.27. The highest BCUT2D eigenvalue weighted by Gasteiger charge is 2.28. The summed E-state index contributed by atoms with van der Waals surface area (Å²) >= 11 is 0. The van der Waals surface area contributed by atoms with E-state index in [1.807, 2.05) is 6.07 Å². The number of benzene rings is 2. The molecule has 0 aromatic heterocycles. The zero-order chi connectivity index (χ0) is 22.1. The van der Waals surface area contributed by atoms with Crippen LogP contribution in [0.25, 0.3) is 0 Å². The molecule has 2 atom stereocenters. The Balaban J connectivity index is 1.76. The first kappa shape index (κ1) is 22.0. The summed E-state index contributed by atoms with van der Waals surface area (Å²) in [6.45, 7) is 4.05. The van der Waals surface area contributed by atoms with Gasteiger partial charge in [0, 0.05) is 12.0 Å². The molecule has 0 amide bonds. The minimum Gasteiger partial charge on any atom is -0.493 e. The van der Waals surface area contributed by atoms with E-state index in [1.165, 1.54) is 31.9 Å². The molecule has 0 aliphatic heterocycles. The molecule has 0 spiro atoms. The highest BCUT2D eigenvalue weighted by atomic mass is 32.2. The number of rotatable bonds is 8. The SMILES string of the molecule is COc1cc(CCOS(=O)(=O)c2ccc3c(c2)CC(C)C3C)c([N+](=O)[O-])cc1OC. The molecule has 162 valence electrons. The van der Waals surface area contributed by atoms with Crippen molar-refractivity contribution in [2.75, 3.05) is 20.8 Å². The Morgan fingerprint density at radius 2 is 1.77 bits per heavy atom. The molecule has 2 aromatic carbocycles. The van der Waals surface area contributed by atoms with E-state index in [4.69, 9.17) is 13.7 Å². The quantitative estimate of drug-likeness (QED) is 0.352. The highest BCUT2D eigenvalue weighted by Crippen LogP contribution is 2.38. The molecule has 8 nitrogen and oxygen atoms in total. The molecule has 1 aliphatic rings. The molecule has 0 bridgehead atoms. The second-order valence-corrected chi connectivity index (χ2v) is 9.07. The molecular formula is C21H25NO7S. The first-order valence-corrected chi connectivity index (χ1v) is 11.0. The van der Waals surface area contributed by atoms with E-state index >= 15 is 0 Å². The van der Waals surface area contributed by atoms with Crippen LogP contribution in [0.15, 0.2) is 35.2 Å². The molecular weight excluding hydrogens is 410 g/mol. The van der Waals surface area contributed by atoms with Crippen molar-refractivity contribution in [3.05, 3.63) is 57.1 Å². The number of nitro benzene ring substituents is 1. The zero-order valence-electron chi connectivity index (χ0n) is 17.4. The van der Waals surface area contributed by atoms with E-state index in [0.29, 0.717) is 23.1 Å². The predicted octanol–water partition coefficient (Wildman–Crippen LogP) is 3.86. The highest BCUT2D eigenvalue weighted by molar-refractivity contribution is 7.86. The van der Waals surface area contributed by atoms with Crippen molar-refractivity contribution < 1.29 is 27.0 Å². The second kappa shape index (κ2) is 8.61. The van der Waals surface area contributed by atoms with Crippen LogP contribution in [0, 0.1) is 16.0 Å². The fraction of sp³-hybridized carbons (Fsp3) is 0.429. The Kier molecular flexibility index (Phi) is 6.33. The number of methoxy groups -OCH3 is 2. The van der Waals surface area contributed by atoms with Gasteiger partial charge >= 0.3 is 0 Å². The van der Waals surface area contributed by atoms with Crippen molar-refractivity contribution in [1.29, 1.82) is 0 Å². The topological polar surface area (TPSA) is 105 Å². The molecule has 0 heterocycles. The molecule has 0 saturated carbocycles. The van der Waals surface area contributed by atoms with Gasteiger partial charge in [-0.1, -0.05) is 19.9 Å². The Morgan fingerprint density at radius 3 is 2.40 bits per heavy atom. The standard InChI is InChI=1S/C21H25NO7S/c1-13-9-16-10-17(5-6-18(16)14(13)2)30(25,26)29-8-7-15-11-20(27-3)21(28-4)12-19(15)22(23)24/h5-6,10-14H,7-9H2,1-4H3. The summed E-state index contributed by atoms with van der Waals surface area (Å²) in [7, 11) is -1.17. The molecule has 30 heavy (non-hydrogen) atoms. The van der Waals surface area contributed by atoms with Gasteiger partial charge in [-0.25, -0.2) is 0 Å². The first-order valence-electron chi connectivity index (χ1n) is 9.59. The van der Waals surface area contributed by atoms with Crippen molar-refractivity contribution in [3.63, 3.8) is 0 Å². The largest absolute Gasteiger partial charge is 0.493 e. The van der Waals surface area contributed by atoms with Crippen molar-refractivity contribution in [2.24, 2.45) is 5.92 Å². The number of hydrogen-bond donors (Lipinski definition) is 0. The van der Waals surface area contributed by atoms with Gasteiger partial charge in [-0.15, -0.1) is 0 Å². The smallest absolute Gasteiger partial charge is 0.296 e. The minimum absolute atomic E-state index is 0.0227. The summed E-state index contributed by atoms with van der Waals surface area (Å²) < 4.78 is 40.7. The molecule has 2 aromatic rings. The van der Waals surface area contributed by atoms with Crippen LogP contribution < -0.4 is 9.47 Å².